The van der Waals surface area contributed by atoms with Gasteiger partial charge in [-0.2, -0.15) is 0 Å². The highest BCUT2D eigenvalue weighted by molar-refractivity contribution is 5.33. The minimum Gasteiger partial charge on any atom is -0.368 e. The maximum absolute atomic E-state index is 13.8. The van der Waals surface area contributed by atoms with Crippen LogP contribution in [0, 0.1) is 5.82 Å². The Kier molecular flexibility index (Phi) is 4.33. The van der Waals surface area contributed by atoms with E-state index >= 15 is 0 Å². The van der Waals surface area contributed by atoms with Crippen molar-refractivity contribution >= 4 is 0 Å². The first-order valence-corrected chi connectivity index (χ1v) is 8.78. The largest absolute Gasteiger partial charge is 0.368 e. The topological polar surface area (TPSA) is 43.2 Å². The van der Waals surface area contributed by atoms with Gasteiger partial charge in [0.25, 0.3) is 0 Å². The van der Waals surface area contributed by atoms with Crippen LogP contribution in [0.5, 0.6) is 0 Å². The van der Waals surface area contributed by atoms with Gasteiger partial charge in [-0.25, -0.2) is 4.39 Å². The first-order chi connectivity index (χ1) is 11.8. The first kappa shape index (κ1) is 15.7. The van der Waals surface area contributed by atoms with Gasteiger partial charge in [-0.3, -0.25) is 4.90 Å². The average molecular weight is 330 g/mol. The fraction of sp³-hybridized carbons (Fsp3) is 0.556. The SMILES string of the molecule is CCn1cnnc1[C@@H]1CN([C@H]2CCCc3ccc(F)cc32)CCO1. The van der Waals surface area contributed by atoms with Gasteiger partial charge >= 0.3 is 0 Å². The second-order valence-electron chi connectivity index (χ2n) is 6.58. The van der Waals surface area contributed by atoms with Crippen molar-refractivity contribution in [1.29, 1.82) is 0 Å². The van der Waals surface area contributed by atoms with Crippen LogP contribution in [0.1, 0.15) is 48.9 Å². The van der Waals surface area contributed by atoms with E-state index < -0.39 is 0 Å². The normalized spacial score (nSPS) is 24.8. The zero-order chi connectivity index (χ0) is 16.5. The Bertz CT molecular complexity index is 717. The number of hydrogen-bond acceptors (Lipinski definition) is 4. The summed E-state index contributed by atoms with van der Waals surface area (Å²) in [4.78, 5) is 2.43. The molecule has 2 heterocycles. The molecule has 0 spiro atoms. The van der Waals surface area contributed by atoms with Gasteiger partial charge < -0.3 is 9.30 Å². The lowest BCUT2D eigenvalue weighted by molar-refractivity contribution is -0.0533. The van der Waals surface area contributed by atoms with Gasteiger partial charge in [0, 0.05) is 25.7 Å². The van der Waals surface area contributed by atoms with Gasteiger partial charge in [-0.05, 0) is 49.4 Å². The van der Waals surface area contributed by atoms with Gasteiger partial charge in [0.05, 0.1) is 6.61 Å². The molecular formula is C18H23FN4O. The number of ether oxygens (including phenoxy) is 1. The number of fused-ring (bicyclic) bond motifs is 1. The highest BCUT2D eigenvalue weighted by Crippen LogP contribution is 2.37. The first-order valence-electron chi connectivity index (χ1n) is 8.78. The molecule has 1 aliphatic carbocycles. The van der Waals surface area contributed by atoms with E-state index in [0.29, 0.717) is 6.61 Å². The zero-order valence-electron chi connectivity index (χ0n) is 14.0. The van der Waals surface area contributed by atoms with Crippen molar-refractivity contribution in [2.75, 3.05) is 19.7 Å². The summed E-state index contributed by atoms with van der Waals surface area (Å²) in [5, 5.41) is 8.27. The number of nitrogens with zero attached hydrogens (tertiary/aromatic N) is 4. The molecule has 0 amide bonds. The van der Waals surface area contributed by atoms with Crippen molar-refractivity contribution in [1.82, 2.24) is 19.7 Å². The molecule has 1 fully saturated rings. The summed E-state index contributed by atoms with van der Waals surface area (Å²) in [7, 11) is 0. The molecule has 0 unspecified atom stereocenters. The lowest BCUT2D eigenvalue weighted by Gasteiger charge is -2.40. The third-order valence-corrected chi connectivity index (χ3v) is 5.20. The Morgan fingerprint density at radius 2 is 2.29 bits per heavy atom. The minimum atomic E-state index is -0.142. The van der Waals surface area contributed by atoms with Crippen LogP contribution in [0.3, 0.4) is 0 Å². The molecule has 1 aromatic heterocycles. The number of halogens is 1. The van der Waals surface area contributed by atoms with Crippen molar-refractivity contribution in [2.24, 2.45) is 0 Å². The number of aryl methyl sites for hydroxylation is 2. The van der Waals surface area contributed by atoms with Crippen LogP contribution in [0.2, 0.25) is 0 Å². The van der Waals surface area contributed by atoms with E-state index in [1.807, 2.05) is 10.6 Å². The zero-order valence-corrected chi connectivity index (χ0v) is 14.0. The van der Waals surface area contributed by atoms with E-state index in [1.165, 1.54) is 5.56 Å². The Morgan fingerprint density at radius 3 is 3.17 bits per heavy atom. The molecule has 0 radical (unpaired) electrons. The van der Waals surface area contributed by atoms with Crippen LogP contribution >= 0.6 is 0 Å². The van der Waals surface area contributed by atoms with Crippen molar-refractivity contribution in [3.8, 4) is 0 Å². The number of morpholine rings is 1. The Hall–Kier alpha value is -1.79. The molecule has 24 heavy (non-hydrogen) atoms. The maximum Gasteiger partial charge on any atom is 0.163 e. The summed E-state index contributed by atoms with van der Waals surface area (Å²) in [6, 6.07) is 5.52. The smallest absolute Gasteiger partial charge is 0.163 e. The third-order valence-electron chi connectivity index (χ3n) is 5.20. The molecule has 0 N–H and O–H groups in total. The predicted octanol–water partition coefficient (Wildman–Crippen LogP) is 2.89. The van der Waals surface area contributed by atoms with Gasteiger partial charge in [0.1, 0.15) is 18.2 Å². The van der Waals surface area contributed by atoms with Crippen molar-refractivity contribution in [3.63, 3.8) is 0 Å². The van der Waals surface area contributed by atoms with Crippen LogP contribution in [-0.4, -0.2) is 39.4 Å². The number of benzene rings is 1. The van der Waals surface area contributed by atoms with Crippen LogP contribution in [0.15, 0.2) is 24.5 Å². The number of hydrogen-bond donors (Lipinski definition) is 0. The molecule has 1 saturated heterocycles. The van der Waals surface area contributed by atoms with E-state index in [4.69, 9.17) is 4.74 Å². The summed E-state index contributed by atoms with van der Waals surface area (Å²) in [6.07, 6.45) is 4.95. The fourth-order valence-corrected chi connectivity index (χ4v) is 3.99. The molecule has 0 saturated carbocycles. The standard InChI is InChI=1S/C18H23FN4O/c1-2-22-12-20-21-18(22)17-11-23(8-9-24-17)16-5-3-4-13-6-7-14(19)10-15(13)16/h6-7,10,12,16-17H,2-5,8-9,11H2,1H3/t16-,17-/m0/s1. The summed E-state index contributed by atoms with van der Waals surface area (Å²) in [5.41, 5.74) is 2.44. The third kappa shape index (κ3) is 2.84. The van der Waals surface area contributed by atoms with Crippen LogP contribution in [0.25, 0.3) is 0 Å². The summed E-state index contributed by atoms with van der Waals surface area (Å²) in [6.45, 7) is 5.23. The molecule has 1 aliphatic heterocycles. The second-order valence-corrected chi connectivity index (χ2v) is 6.58. The van der Waals surface area contributed by atoms with Crippen molar-refractivity contribution in [3.05, 3.63) is 47.3 Å². The summed E-state index contributed by atoms with van der Waals surface area (Å²) >= 11 is 0. The van der Waals surface area contributed by atoms with Gasteiger partial charge in [0.15, 0.2) is 5.82 Å². The molecule has 2 aromatic rings. The molecule has 0 bridgehead atoms. The Balaban J connectivity index is 1.58. The van der Waals surface area contributed by atoms with E-state index in [0.717, 1.165) is 50.3 Å². The fourth-order valence-electron chi connectivity index (χ4n) is 3.99. The van der Waals surface area contributed by atoms with Crippen LogP contribution in [-0.2, 0) is 17.7 Å². The summed E-state index contributed by atoms with van der Waals surface area (Å²) in [5.74, 6) is 0.744. The monoisotopic (exact) mass is 330 g/mol. The van der Waals surface area contributed by atoms with Crippen molar-refractivity contribution in [2.45, 2.75) is 44.9 Å². The lowest BCUT2D eigenvalue weighted by Crippen LogP contribution is -2.42. The lowest BCUT2D eigenvalue weighted by atomic mass is 9.86. The van der Waals surface area contributed by atoms with E-state index in [1.54, 1.807) is 18.5 Å². The Labute approximate surface area is 141 Å². The highest BCUT2D eigenvalue weighted by Gasteiger charge is 2.32. The van der Waals surface area contributed by atoms with E-state index in [-0.39, 0.29) is 18.0 Å². The number of rotatable bonds is 3. The van der Waals surface area contributed by atoms with Gasteiger partial charge in [-0.15, -0.1) is 10.2 Å². The average Bonchev–Trinajstić information content (AvgIpc) is 3.10. The molecule has 1 aromatic carbocycles. The van der Waals surface area contributed by atoms with Crippen LogP contribution < -0.4 is 0 Å². The molecule has 2 aliphatic rings. The van der Waals surface area contributed by atoms with Crippen molar-refractivity contribution < 1.29 is 9.13 Å². The number of aromatic nitrogens is 3. The molecule has 128 valence electrons. The van der Waals surface area contributed by atoms with Gasteiger partial charge in [-0.1, -0.05) is 6.07 Å². The maximum atomic E-state index is 13.8. The summed E-state index contributed by atoms with van der Waals surface area (Å²) < 4.78 is 21.8. The molecule has 4 rings (SSSR count). The second kappa shape index (κ2) is 6.61. The quantitative estimate of drug-likeness (QED) is 0.868. The van der Waals surface area contributed by atoms with Gasteiger partial charge in [0.2, 0.25) is 0 Å². The Morgan fingerprint density at radius 1 is 1.38 bits per heavy atom. The molecule has 2 atom stereocenters. The van der Waals surface area contributed by atoms with E-state index in [9.17, 15) is 4.39 Å². The highest BCUT2D eigenvalue weighted by atomic mass is 19.1. The molecule has 6 heteroatoms. The van der Waals surface area contributed by atoms with E-state index in [2.05, 4.69) is 22.0 Å². The molecular weight excluding hydrogens is 307 g/mol. The predicted molar refractivity (Wildman–Crippen MR) is 88.0 cm³/mol. The molecule has 5 nitrogen and oxygen atoms in total. The minimum absolute atomic E-state index is 0.0693. The van der Waals surface area contributed by atoms with Crippen LogP contribution in [0.4, 0.5) is 4.39 Å².